The first kappa shape index (κ1) is 20.7. The molecule has 1 amide bonds. The lowest BCUT2D eigenvalue weighted by Gasteiger charge is -2.25. The zero-order valence-corrected chi connectivity index (χ0v) is 17.5. The van der Waals surface area contributed by atoms with Crippen LogP contribution in [0.25, 0.3) is 0 Å². The molecule has 0 aliphatic carbocycles. The number of nitrogens with zero attached hydrogens (tertiary/aromatic N) is 2. The van der Waals surface area contributed by atoms with Crippen LogP contribution in [0.15, 0.2) is 18.2 Å². The molecule has 6 heteroatoms. The van der Waals surface area contributed by atoms with Crippen molar-refractivity contribution in [2.24, 2.45) is 11.8 Å². The second-order valence-electron chi connectivity index (χ2n) is 8.09. The number of carbonyl (C=O) groups is 1. The van der Waals surface area contributed by atoms with Crippen LogP contribution >= 0.6 is 0 Å². The fourth-order valence-electron chi connectivity index (χ4n) is 3.17. The first-order chi connectivity index (χ1) is 12.1. The van der Waals surface area contributed by atoms with Crippen LogP contribution in [0.4, 0.5) is 5.69 Å². The highest BCUT2D eigenvalue weighted by Crippen LogP contribution is 2.31. The minimum absolute atomic E-state index is 0.0481. The van der Waals surface area contributed by atoms with Gasteiger partial charge in [-0.25, -0.2) is 8.42 Å². The Morgan fingerprint density at radius 2 is 1.69 bits per heavy atom. The number of sulfonamides is 1. The molecule has 0 radical (unpaired) electrons. The summed E-state index contributed by atoms with van der Waals surface area (Å²) in [6.45, 7) is 10.6. The van der Waals surface area contributed by atoms with Crippen molar-refractivity contribution in [2.75, 3.05) is 30.2 Å². The number of carbonyl (C=O) groups excluding carboxylic acids is 1. The molecule has 1 aliphatic heterocycles. The van der Waals surface area contributed by atoms with Gasteiger partial charge in [0.1, 0.15) is 0 Å². The molecule has 2 rings (SSSR count). The van der Waals surface area contributed by atoms with E-state index in [2.05, 4.69) is 27.7 Å². The molecule has 0 saturated heterocycles. The van der Waals surface area contributed by atoms with Gasteiger partial charge in [0.2, 0.25) is 10.0 Å². The Balaban J connectivity index is 2.20. The van der Waals surface area contributed by atoms with Crippen molar-refractivity contribution in [3.8, 4) is 0 Å². The lowest BCUT2D eigenvalue weighted by atomic mass is 10.1. The van der Waals surface area contributed by atoms with Crippen molar-refractivity contribution < 1.29 is 13.2 Å². The monoisotopic (exact) mass is 380 g/mol. The molecule has 0 aromatic heterocycles. The normalized spacial score (nSPS) is 14.2. The molecule has 26 heavy (non-hydrogen) atoms. The van der Waals surface area contributed by atoms with Gasteiger partial charge in [-0.05, 0) is 54.9 Å². The predicted octanol–water partition coefficient (Wildman–Crippen LogP) is 3.54. The molecule has 0 saturated carbocycles. The molecule has 0 atom stereocenters. The molecule has 5 nitrogen and oxygen atoms in total. The first-order valence-corrected chi connectivity index (χ1v) is 11.3. The summed E-state index contributed by atoms with van der Waals surface area (Å²) in [5.74, 6) is 1.15. The number of rotatable bonds is 8. The summed E-state index contributed by atoms with van der Waals surface area (Å²) in [5.41, 5.74) is 2.31. The highest BCUT2D eigenvalue weighted by molar-refractivity contribution is 7.92. The van der Waals surface area contributed by atoms with E-state index in [-0.39, 0.29) is 5.91 Å². The van der Waals surface area contributed by atoms with Crippen LogP contribution in [0.1, 0.15) is 56.5 Å². The fraction of sp³-hybridized carbons (Fsp3) is 0.650. The van der Waals surface area contributed by atoms with E-state index in [0.717, 1.165) is 31.5 Å². The average Bonchev–Trinajstić information content (AvgIpc) is 2.97. The Kier molecular flexibility index (Phi) is 6.72. The topological polar surface area (TPSA) is 57.7 Å². The summed E-state index contributed by atoms with van der Waals surface area (Å²) < 4.78 is 25.2. The number of benzene rings is 1. The van der Waals surface area contributed by atoms with Crippen LogP contribution in [-0.4, -0.2) is 45.1 Å². The van der Waals surface area contributed by atoms with Gasteiger partial charge >= 0.3 is 0 Å². The van der Waals surface area contributed by atoms with Crippen LogP contribution < -0.4 is 4.31 Å². The summed E-state index contributed by atoms with van der Waals surface area (Å²) in [6, 6.07) is 5.42. The number of anilines is 1. The molecule has 146 valence electrons. The molecule has 0 N–H and O–H groups in total. The van der Waals surface area contributed by atoms with E-state index < -0.39 is 10.0 Å². The van der Waals surface area contributed by atoms with E-state index in [1.165, 1.54) is 10.6 Å². The van der Waals surface area contributed by atoms with E-state index in [0.29, 0.717) is 36.1 Å². The van der Waals surface area contributed by atoms with Crippen molar-refractivity contribution in [1.29, 1.82) is 0 Å². The minimum atomic E-state index is -3.26. The third-order valence-corrected chi connectivity index (χ3v) is 6.00. The molecule has 0 fully saturated rings. The Labute approximate surface area is 158 Å². The van der Waals surface area contributed by atoms with Gasteiger partial charge in [0.25, 0.3) is 5.91 Å². The van der Waals surface area contributed by atoms with Crippen molar-refractivity contribution in [1.82, 2.24) is 4.90 Å². The maximum atomic E-state index is 13.0. The molecule has 1 aromatic carbocycles. The fourth-order valence-corrected chi connectivity index (χ4v) is 4.13. The molecule has 0 spiro atoms. The van der Waals surface area contributed by atoms with E-state index in [9.17, 15) is 13.2 Å². The molecule has 1 heterocycles. The van der Waals surface area contributed by atoms with Crippen LogP contribution in [0.3, 0.4) is 0 Å². The van der Waals surface area contributed by atoms with Gasteiger partial charge in [-0.2, -0.15) is 0 Å². The van der Waals surface area contributed by atoms with Crippen molar-refractivity contribution in [3.63, 3.8) is 0 Å². The maximum absolute atomic E-state index is 13.0. The van der Waals surface area contributed by atoms with E-state index >= 15 is 0 Å². The standard InChI is InChI=1S/C20H32N2O3S/c1-15(2)8-11-21(12-9-16(3)4)20(23)18-6-7-19-17(14-18)10-13-22(19)26(5,24)25/h6-7,14-16H,8-13H2,1-5H3. The van der Waals surface area contributed by atoms with Gasteiger partial charge in [-0.3, -0.25) is 9.10 Å². The van der Waals surface area contributed by atoms with E-state index in [1.54, 1.807) is 12.1 Å². The second kappa shape index (κ2) is 8.42. The molecular formula is C20H32N2O3S. The van der Waals surface area contributed by atoms with E-state index in [1.807, 2.05) is 11.0 Å². The summed E-state index contributed by atoms with van der Waals surface area (Å²) in [7, 11) is -3.26. The highest BCUT2D eigenvalue weighted by atomic mass is 32.2. The highest BCUT2D eigenvalue weighted by Gasteiger charge is 2.27. The van der Waals surface area contributed by atoms with Gasteiger partial charge in [0.15, 0.2) is 0 Å². The van der Waals surface area contributed by atoms with Crippen LogP contribution in [-0.2, 0) is 16.4 Å². The van der Waals surface area contributed by atoms with Crippen molar-refractivity contribution >= 4 is 21.6 Å². The minimum Gasteiger partial charge on any atom is -0.339 e. The third kappa shape index (κ3) is 5.22. The van der Waals surface area contributed by atoms with Crippen molar-refractivity contribution in [2.45, 2.75) is 47.0 Å². The Morgan fingerprint density at radius 1 is 1.12 bits per heavy atom. The van der Waals surface area contributed by atoms with Crippen LogP contribution in [0.2, 0.25) is 0 Å². The quantitative estimate of drug-likeness (QED) is 0.693. The first-order valence-electron chi connectivity index (χ1n) is 9.49. The van der Waals surface area contributed by atoms with Gasteiger partial charge < -0.3 is 4.90 Å². The lowest BCUT2D eigenvalue weighted by Crippen LogP contribution is -2.34. The maximum Gasteiger partial charge on any atom is 0.253 e. The average molecular weight is 381 g/mol. The Hall–Kier alpha value is -1.56. The number of fused-ring (bicyclic) bond motifs is 1. The summed E-state index contributed by atoms with van der Waals surface area (Å²) >= 11 is 0. The molecular weight excluding hydrogens is 348 g/mol. The molecule has 1 aliphatic rings. The Bertz CT molecular complexity index is 729. The smallest absolute Gasteiger partial charge is 0.253 e. The summed E-state index contributed by atoms with van der Waals surface area (Å²) in [4.78, 5) is 15.0. The number of hydrogen-bond donors (Lipinski definition) is 0. The molecule has 0 unspecified atom stereocenters. The van der Waals surface area contributed by atoms with Crippen molar-refractivity contribution in [3.05, 3.63) is 29.3 Å². The second-order valence-corrected chi connectivity index (χ2v) is 9.99. The lowest BCUT2D eigenvalue weighted by molar-refractivity contribution is 0.0740. The van der Waals surface area contributed by atoms with Gasteiger partial charge in [-0.15, -0.1) is 0 Å². The van der Waals surface area contributed by atoms with E-state index in [4.69, 9.17) is 0 Å². The van der Waals surface area contributed by atoms with Gasteiger partial charge in [-0.1, -0.05) is 27.7 Å². The van der Waals surface area contributed by atoms with Crippen LogP contribution in [0.5, 0.6) is 0 Å². The number of amides is 1. The SMILES string of the molecule is CC(C)CCN(CCC(C)C)C(=O)c1ccc2c(c1)CCN2S(C)(=O)=O. The number of hydrogen-bond acceptors (Lipinski definition) is 3. The van der Waals surface area contributed by atoms with Gasteiger partial charge in [0, 0.05) is 25.2 Å². The zero-order valence-electron chi connectivity index (χ0n) is 16.7. The molecule has 0 bridgehead atoms. The van der Waals surface area contributed by atoms with Gasteiger partial charge in [0.05, 0.1) is 11.9 Å². The zero-order chi connectivity index (χ0) is 19.5. The predicted molar refractivity (Wildman–Crippen MR) is 107 cm³/mol. The summed E-state index contributed by atoms with van der Waals surface area (Å²) in [5, 5.41) is 0. The largest absolute Gasteiger partial charge is 0.339 e. The molecule has 1 aromatic rings. The third-order valence-electron chi connectivity index (χ3n) is 4.82. The summed E-state index contributed by atoms with van der Waals surface area (Å²) in [6.07, 6.45) is 3.84. The Morgan fingerprint density at radius 3 is 2.19 bits per heavy atom. The van der Waals surface area contributed by atoms with Crippen LogP contribution in [0, 0.1) is 11.8 Å².